The van der Waals surface area contributed by atoms with Crippen molar-refractivity contribution < 1.29 is 24.0 Å². The molecule has 1 aromatic rings. The molecule has 1 heterocycles. The van der Waals surface area contributed by atoms with E-state index in [2.05, 4.69) is 5.32 Å². The van der Waals surface area contributed by atoms with Crippen molar-refractivity contribution in [3.63, 3.8) is 0 Å². The van der Waals surface area contributed by atoms with Crippen LogP contribution < -0.4 is 5.32 Å². The Hall–Kier alpha value is -2.36. The first-order valence-electron chi connectivity index (χ1n) is 5.72. The third-order valence-corrected chi connectivity index (χ3v) is 3.84. The number of nitrogens with one attached hydrogen (secondary N) is 1. The highest BCUT2D eigenvalue weighted by molar-refractivity contribution is 7.99. The number of urea groups is 1. The van der Waals surface area contributed by atoms with Crippen LogP contribution in [0.25, 0.3) is 0 Å². The SMILES string of the molecule is O=C(O)C1CSCN1C(=O)Nc1cc([N+](=O)[O-])ccc1F. The summed E-state index contributed by atoms with van der Waals surface area (Å²) in [5.74, 6) is -1.61. The number of nitro groups is 1. The smallest absolute Gasteiger partial charge is 0.327 e. The van der Waals surface area contributed by atoms with Gasteiger partial charge in [0, 0.05) is 17.9 Å². The summed E-state index contributed by atoms with van der Waals surface area (Å²) >= 11 is 1.25. The predicted molar refractivity (Wildman–Crippen MR) is 72.7 cm³/mol. The maximum Gasteiger partial charge on any atom is 0.327 e. The van der Waals surface area contributed by atoms with Gasteiger partial charge in [0.2, 0.25) is 0 Å². The summed E-state index contributed by atoms with van der Waals surface area (Å²) in [5, 5.41) is 21.8. The summed E-state index contributed by atoms with van der Waals surface area (Å²) < 4.78 is 13.6. The molecule has 1 aliphatic heterocycles. The first kappa shape index (κ1) is 15.0. The zero-order valence-corrected chi connectivity index (χ0v) is 11.3. The largest absolute Gasteiger partial charge is 0.480 e. The fourth-order valence-corrected chi connectivity index (χ4v) is 2.90. The molecule has 1 saturated heterocycles. The molecule has 2 rings (SSSR count). The Labute approximate surface area is 122 Å². The Morgan fingerprint density at radius 2 is 2.24 bits per heavy atom. The second-order valence-electron chi connectivity index (χ2n) is 4.18. The van der Waals surface area contributed by atoms with Gasteiger partial charge < -0.3 is 15.3 Å². The molecular formula is C11H10FN3O5S. The number of hydrogen-bond acceptors (Lipinski definition) is 5. The second-order valence-corrected chi connectivity index (χ2v) is 5.17. The third-order valence-electron chi connectivity index (χ3n) is 2.83. The average Bonchev–Trinajstić information content (AvgIpc) is 2.90. The lowest BCUT2D eigenvalue weighted by atomic mass is 10.2. The zero-order valence-electron chi connectivity index (χ0n) is 10.5. The molecule has 1 aliphatic rings. The lowest BCUT2D eigenvalue weighted by Gasteiger charge is -2.20. The topological polar surface area (TPSA) is 113 Å². The zero-order chi connectivity index (χ0) is 15.6. The molecule has 2 amide bonds. The highest BCUT2D eigenvalue weighted by Crippen LogP contribution is 2.25. The molecular weight excluding hydrogens is 305 g/mol. The first-order chi connectivity index (χ1) is 9.90. The maximum absolute atomic E-state index is 13.6. The van der Waals surface area contributed by atoms with Crippen LogP contribution in [0.4, 0.5) is 20.6 Å². The van der Waals surface area contributed by atoms with Crippen LogP contribution in [0.5, 0.6) is 0 Å². The molecule has 1 aromatic carbocycles. The van der Waals surface area contributed by atoms with Crippen LogP contribution in [-0.2, 0) is 4.79 Å². The Morgan fingerprint density at radius 1 is 1.52 bits per heavy atom. The van der Waals surface area contributed by atoms with E-state index < -0.39 is 28.8 Å². The van der Waals surface area contributed by atoms with E-state index in [1.807, 2.05) is 0 Å². The minimum atomic E-state index is -1.16. The number of nitrogens with zero attached hydrogens (tertiary/aromatic N) is 2. The number of carbonyl (C=O) groups is 2. The lowest BCUT2D eigenvalue weighted by Crippen LogP contribution is -2.44. The third kappa shape index (κ3) is 3.21. The Morgan fingerprint density at radius 3 is 2.86 bits per heavy atom. The van der Waals surface area contributed by atoms with Crippen molar-refractivity contribution in [2.24, 2.45) is 0 Å². The Kier molecular flexibility index (Phi) is 4.26. The molecule has 8 nitrogen and oxygen atoms in total. The highest BCUT2D eigenvalue weighted by Gasteiger charge is 2.35. The van der Waals surface area contributed by atoms with E-state index in [4.69, 9.17) is 5.11 Å². The molecule has 0 aromatic heterocycles. The van der Waals surface area contributed by atoms with Gasteiger partial charge in [-0.15, -0.1) is 11.8 Å². The molecule has 112 valence electrons. The lowest BCUT2D eigenvalue weighted by molar-refractivity contribution is -0.384. The van der Waals surface area contributed by atoms with Crippen molar-refractivity contribution in [1.29, 1.82) is 0 Å². The van der Waals surface area contributed by atoms with Crippen molar-refractivity contribution in [3.8, 4) is 0 Å². The van der Waals surface area contributed by atoms with E-state index in [-0.39, 0.29) is 23.0 Å². The number of nitro benzene ring substituents is 1. The van der Waals surface area contributed by atoms with Crippen molar-refractivity contribution >= 4 is 35.1 Å². The number of carboxylic acids is 1. The number of aliphatic carboxylic acids is 1. The number of carboxylic acid groups (broad SMARTS) is 1. The van der Waals surface area contributed by atoms with Gasteiger partial charge in [0.1, 0.15) is 11.9 Å². The molecule has 1 fully saturated rings. The normalized spacial score (nSPS) is 17.6. The number of halogens is 1. The van der Waals surface area contributed by atoms with Crippen molar-refractivity contribution in [3.05, 3.63) is 34.1 Å². The predicted octanol–water partition coefficient (Wildman–Crippen LogP) is 1.73. The Balaban J connectivity index is 2.18. The van der Waals surface area contributed by atoms with E-state index >= 15 is 0 Å². The van der Waals surface area contributed by atoms with Crippen LogP contribution in [0.1, 0.15) is 0 Å². The second kappa shape index (κ2) is 5.95. The van der Waals surface area contributed by atoms with E-state index in [9.17, 15) is 24.1 Å². The molecule has 0 bridgehead atoms. The van der Waals surface area contributed by atoms with E-state index in [0.717, 1.165) is 23.1 Å². The van der Waals surface area contributed by atoms with Crippen LogP contribution in [0.2, 0.25) is 0 Å². The van der Waals surface area contributed by atoms with Gasteiger partial charge >= 0.3 is 12.0 Å². The molecule has 2 N–H and O–H groups in total. The molecule has 1 unspecified atom stereocenters. The van der Waals surface area contributed by atoms with E-state index in [0.29, 0.717) is 0 Å². The number of carbonyl (C=O) groups excluding carboxylic acids is 1. The molecule has 21 heavy (non-hydrogen) atoms. The van der Waals surface area contributed by atoms with Gasteiger partial charge in [-0.25, -0.2) is 14.0 Å². The molecule has 0 radical (unpaired) electrons. The fraction of sp³-hybridized carbons (Fsp3) is 0.273. The molecule has 1 atom stereocenters. The fourth-order valence-electron chi connectivity index (χ4n) is 1.76. The summed E-state index contributed by atoms with van der Waals surface area (Å²) in [6, 6.07) is 0.896. The minimum absolute atomic E-state index is 0.152. The van der Waals surface area contributed by atoms with Gasteiger partial charge in [-0.05, 0) is 6.07 Å². The summed E-state index contributed by atoms with van der Waals surface area (Å²) in [7, 11) is 0. The van der Waals surface area contributed by atoms with Crippen LogP contribution in [-0.4, -0.2) is 44.6 Å². The number of non-ortho nitro benzene ring substituents is 1. The van der Waals surface area contributed by atoms with E-state index in [1.165, 1.54) is 11.8 Å². The number of hydrogen-bond donors (Lipinski definition) is 2. The van der Waals surface area contributed by atoms with E-state index in [1.54, 1.807) is 0 Å². The number of rotatable bonds is 3. The summed E-state index contributed by atoms with van der Waals surface area (Å²) in [5.41, 5.74) is -0.743. The molecule has 10 heteroatoms. The number of thioether (sulfide) groups is 1. The van der Waals surface area contributed by atoms with Crippen molar-refractivity contribution in [2.45, 2.75) is 6.04 Å². The van der Waals surface area contributed by atoms with Gasteiger partial charge in [-0.2, -0.15) is 0 Å². The number of benzene rings is 1. The molecule has 0 spiro atoms. The summed E-state index contributed by atoms with van der Waals surface area (Å²) in [6.45, 7) is 0. The molecule has 0 saturated carbocycles. The maximum atomic E-state index is 13.6. The van der Waals surface area contributed by atoms with Gasteiger partial charge in [0.15, 0.2) is 0 Å². The monoisotopic (exact) mass is 315 g/mol. The quantitative estimate of drug-likeness (QED) is 0.648. The first-order valence-corrected chi connectivity index (χ1v) is 6.87. The van der Waals surface area contributed by atoms with Gasteiger partial charge in [-0.1, -0.05) is 0 Å². The van der Waals surface area contributed by atoms with Crippen molar-refractivity contribution in [2.75, 3.05) is 16.9 Å². The highest BCUT2D eigenvalue weighted by atomic mass is 32.2. The van der Waals surface area contributed by atoms with Gasteiger partial charge in [0.25, 0.3) is 5.69 Å². The van der Waals surface area contributed by atoms with Gasteiger partial charge in [-0.3, -0.25) is 10.1 Å². The van der Waals surface area contributed by atoms with Crippen LogP contribution in [0.3, 0.4) is 0 Å². The number of amides is 2. The standard InChI is InChI=1S/C11H10FN3O5S/c12-7-2-1-6(15(19)20)3-8(7)13-11(18)14-5-21-4-9(14)10(16)17/h1-3,9H,4-5H2,(H,13,18)(H,16,17). The van der Waals surface area contributed by atoms with Crippen LogP contribution in [0.15, 0.2) is 18.2 Å². The van der Waals surface area contributed by atoms with Gasteiger partial charge in [0.05, 0.1) is 16.5 Å². The number of anilines is 1. The van der Waals surface area contributed by atoms with Crippen molar-refractivity contribution in [1.82, 2.24) is 4.90 Å². The molecule has 0 aliphatic carbocycles. The summed E-state index contributed by atoms with van der Waals surface area (Å²) in [4.78, 5) is 33.9. The van der Waals surface area contributed by atoms with Crippen LogP contribution in [0, 0.1) is 15.9 Å². The minimum Gasteiger partial charge on any atom is -0.480 e. The summed E-state index contributed by atoms with van der Waals surface area (Å²) in [6.07, 6.45) is 0. The Bertz CT molecular complexity index is 612. The average molecular weight is 315 g/mol. The van der Waals surface area contributed by atoms with Crippen LogP contribution >= 0.6 is 11.8 Å².